The summed E-state index contributed by atoms with van der Waals surface area (Å²) in [5.74, 6) is 0.997. The number of hydrogen-bond acceptors (Lipinski definition) is 3. The van der Waals surface area contributed by atoms with Gasteiger partial charge in [0, 0.05) is 38.3 Å². The van der Waals surface area contributed by atoms with Gasteiger partial charge < -0.3 is 15.5 Å². The van der Waals surface area contributed by atoms with Gasteiger partial charge >= 0.3 is 0 Å². The Kier molecular flexibility index (Phi) is 8.65. The van der Waals surface area contributed by atoms with Crippen molar-refractivity contribution in [1.29, 1.82) is 0 Å². The molecule has 2 unspecified atom stereocenters. The predicted octanol–water partition coefficient (Wildman–Crippen LogP) is 4.00. The Morgan fingerprint density at radius 2 is 1.71 bits per heavy atom. The molecule has 0 aliphatic carbocycles. The van der Waals surface area contributed by atoms with Gasteiger partial charge in [-0.25, -0.2) is 0 Å². The Labute approximate surface area is 189 Å². The second kappa shape index (κ2) is 11.9. The third kappa shape index (κ3) is 6.69. The van der Waals surface area contributed by atoms with Gasteiger partial charge in [-0.15, -0.1) is 0 Å². The van der Waals surface area contributed by atoms with Gasteiger partial charge in [0.25, 0.3) is 0 Å². The molecule has 172 valence electrons. The van der Waals surface area contributed by atoms with Gasteiger partial charge in [-0.2, -0.15) is 0 Å². The zero-order valence-electron chi connectivity index (χ0n) is 19.6. The average molecular weight is 426 g/mol. The molecule has 0 radical (unpaired) electrons. The number of aliphatic imine (C=N–C) groups is 1. The molecule has 5 nitrogen and oxygen atoms in total. The fraction of sp³-hybridized carbons (Fsp3) is 0.731. The molecule has 3 fully saturated rings. The first kappa shape index (κ1) is 22.6. The van der Waals surface area contributed by atoms with Gasteiger partial charge in [-0.1, -0.05) is 43.2 Å². The Bertz CT molecular complexity index is 656. The lowest BCUT2D eigenvalue weighted by Crippen LogP contribution is -2.52. The number of benzene rings is 1. The molecule has 3 saturated heterocycles. The third-order valence-electron chi connectivity index (χ3n) is 7.55. The highest BCUT2D eigenvalue weighted by atomic mass is 15.2. The van der Waals surface area contributed by atoms with Crippen molar-refractivity contribution in [2.75, 3.05) is 33.2 Å². The van der Waals surface area contributed by atoms with Gasteiger partial charge in [-0.3, -0.25) is 9.89 Å². The van der Waals surface area contributed by atoms with E-state index in [1.807, 2.05) is 7.05 Å². The summed E-state index contributed by atoms with van der Waals surface area (Å²) in [5.41, 5.74) is 1.45. The zero-order chi connectivity index (χ0) is 21.3. The lowest BCUT2D eigenvalue weighted by atomic mass is 9.96. The largest absolute Gasteiger partial charge is 0.356 e. The maximum atomic E-state index is 4.50. The Balaban J connectivity index is 1.13. The Morgan fingerprint density at radius 3 is 2.42 bits per heavy atom. The summed E-state index contributed by atoms with van der Waals surface area (Å²) in [5, 5.41) is 7.31. The molecule has 3 heterocycles. The Hall–Kier alpha value is -1.59. The van der Waals surface area contributed by atoms with Gasteiger partial charge in [0.15, 0.2) is 5.96 Å². The van der Waals surface area contributed by atoms with Crippen LogP contribution in [0.4, 0.5) is 0 Å². The van der Waals surface area contributed by atoms with E-state index >= 15 is 0 Å². The molecule has 2 bridgehead atoms. The number of piperidine rings is 2. The molecular weight excluding hydrogens is 382 g/mol. The lowest BCUT2D eigenvalue weighted by molar-refractivity contribution is 0.114. The van der Waals surface area contributed by atoms with Crippen LogP contribution >= 0.6 is 0 Å². The molecule has 0 saturated carbocycles. The number of guanidine groups is 1. The van der Waals surface area contributed by atoms with Gasteiger partial charge in [0.05, 0.1) is 0 Å². The predicted molar refractivity (Wildman–Crippen MR) is 130 cm³/mol. The fourth-order valence-electron chi connectivity index (χ4n) is 5.86. The monoisotopic (exact) mass is 425 g/mol. The summed E-state index contributed by atoms with van der Waals surface area (Å²) >= 11 is 0. The van der Waals surface area contributed by atoms with Crippen molar-refractivity contribution >= 4 is 5.96 Å². The molecular formula is C26H43N5. The summed E-state index contributed by atoms with van der Waals surface area (Å²) < 4.78 is 0. The first-order valence-corrected chi connectivity index (χ1v) is 12.8. The van der Waals surface area contributed by atoms with Crippen LogP contribution in [0.15, 0.2) is 35.3 Å². The topological polar surface area (TPSA) is 42.9 Å². The van der Waals surface area contributed by atoms with E-state index in [1.54, 1.807) is 0 Å². The van der Waals surface area contributed by atoms with Crippen LogP contribution in [-0.4, -0.2) is 67.1 Å². The second-order valence-corrected chi connectivity index (χ2v) is 9.82. The van der Waals surface area contributed by atoms with Gasteiger partial charge in [0.2, 0.25) is 0 Å². The van der Waals surface area contributed by atoms with Crippen molar-refractivity contribution in [3.8, 4) is 0 Å². The van der Waals surface area contributed by atoms with Crippen LogP contribution in [0.1, 0.15) is 69.8 Å². The third-order valence-corrected chi connectivity index (χ3v) is 7.55. The summed E-state index contributed by atoms with van der Waals surface area (Å²) in [7, 11) is 1.91. The number of likely N-dealkylation sites (tertiary alicyclic amines) is 1. The number of hydrogen-bond donors (Lipinski definition) is 2. The standard InChI is InChI=1S/C26H43N5/c1-27-26(28-15-7-3-8-16-30-17-9-4-10-18-30)29-23-19-24-13-14-25(20-23)31(24)21-22-11-5-2-6-12-22/h2,5-6,11-12,23-25H,3-4,7-10,13-21H2,1H3,(H2,27,28,29). The summed E-state index contributed by atoms with van der Waals surface area (Å²) in [6.45, 7) is 6.06. The molecule has 2 N–H and O–H groups in total. The van der Waals surface area contributed by atoms with Crippen LogP contribution in [0, 0.1) is 0 Å². The summed E-state index contributed by atoms with van der Waals surface area (Å²) in [6, 6.07) is 12.9. The molecule has 0 amide bonds. The molecule has 1 aromatic carbocycles. The van der Waals surface area contributed by atoms with E-state index in [4.69, 9.17) is 0 Å². The van der Waals surface area contributed by atoms with Gasteiger partial charge in [0.1, 0.15) is 0 Å². The SMILES string of the molecule is CN=C(NCCCCCN1CCCCC1)NC1CC2CCC(C1)N2Cc1ccccc1. The first-order valence-electron chi connectivity index (χ1n) is 12.8. The van der Waals surface area contributed by atoms with E-state index in [-0.39, 0.29) is 0 Å². The van der Waals surface area contributed by atoms with E-state index in [0.717, 1.165) is 19.0 Å². The number of fused-ring (bicyclic) bond motifs is 2. The lowest BCUT2D eigenvalue weighted by Gasteiger charge is -2.39. The van der Waals surface area contributed by atoms with Crippen molar-refractivity contribution in [3.63, 3.8) is 0 Å². The van der Waals surface area contributed by atoms with Crippen molar-refractivity contribution in [2.45, 2.75) is 88.9 Å². The van der Waals surface area contributed by atoms with Crippen molar-refractivity contribution < 1.29 is 0 Å². The highest BCUT2D eigenvalue weighted by Crippen LogP contribution is 2.36. The number of rotatable bonds is 9. The van der Waals surface area contributed by atoms with Crippen LogP contribution in [0.5, 0.6) is 0 Å². The first-order chi connectivity index (χ1) is 15.3. The van der Waals surface area contributed by atoms with E-state index in [2.05, 4.69) is 55.8 Å². The Morgan fingerprint density at radius 1 is 0.968 bits per heavy atom. The van der Waals surface area contributed by atoms with E-state index < -0.39 is 0 Å². The minimum atomic E-state index is 0.551. The highest BCUT2D eigenvalue weighted by molar-refractivity contribution is 5.79. The summed E-state index contributed by atoms with van der Waals surface area (Å²) in [4.78, 5) is 9.91. The molecule has 1 aromatic rings. The molecule has 0 spiro atoms. The van der Waals surface area contributed by atoms with Gasteiger partial charge in [-0.05, 0) is 76.6 Å². The average Bonchev–Trinajstić information content (AvgIpc) is 3.04. The van der Waals surface area contributed by atoms with Crippen LogP contribution in [-0.2, 0) is 6.54 Å². The number of nitrogens with zero attached hydrogens (tertiary/aromatic N) is 3. The molecule has 2 atom stereocenters. The van der Waals surface area contributed by atoms with E-state index in [9.17, 15) is 0 Å². The quantitative estimate of drug-likeness (QED) is 0.356. The van der Waals surface area contributed by atoms with Crippen LogP contribution < -0.4 is 10.6 Å². The maximum Gasteiger partial charge on any atom is 0.191 e. The fourth-order valence-corrected chi connectivity index (χ4v) is 5.86. The minimum absolute atomic E-state index is 0.551. The van der Waals surface area contributed by atoms with Crippen molar-refractivity contribution in [1.82, 2.24) is 20.4 Å². The zero-order valence-corrected chi connectivity index (χ0v) is 19.6. The molecule has 4 rings (SSSR count). The number of nitrogens with one attached hydrogen (secondary N) is 2. The molecule has 0 aromatic heterocycles. The van der Waals surface area contributed by atoms with Crippen LogP contribution in [0.2, 0.25) is 0 Å². The summed E-state index contributed by atoms with van der Waals surface area (Å²) in [6.07, 6.45) is 13.3. The number of unbranched alkanes of at least 4 members (excludes halogenated alkanes) is 2. The highest BCUT2D eigenvalue weighted by Gasteiger charge is 2.40. The van der Waals surface area contributed by atoms with E-state index in [0.29, 0.717) is 18.1 Å². The van der Waals surface area contributed by atoms with Crippen LogP contribution in [0.25, 0.3) is 0 Å². The molecule has 31 heavy (non-hydrogen) atoms. The van der Waals surface area contributed by atoms with E-state index in [1.165, 1.54) is 89.4 Å². The molecule has 3 aliphatic heterocycles. The smallest absolute Gasteiger partial charge is 0.191 e. The molecule has 3 aliphatic rings. The minimum Gasteiger partial charge on any atom is -0.356 e. The molecule has 5 heteroatoms. The van der Waals surface area contributed by atoms with Crippen molar-refractivity contribution in [2.24, 2.45) is 4.99 Å². The normalized spacial score (nSPS) is 27.4. The van der Waals surface area contributed by atoms with Crippen molar-refractivity contribution in [3.05, 3.63) is 35.9 Å². The van der Waals surface area contributed by atoms with Crippen LogP contribution in [0.3, 0.4) is 0 Å². The second-order valence-electron chi connectivity index (χ2n) is 9.82. The maximum absolute atomic E-state index is 4.50.